The van der Waals surface area contributed by atoms with Crippen molar-refractivity contribution in [2.45, 2.75) is 17.3 Å². The Labute approximate surface area is 158 Å². The Morgan fingerprint density at radius 3 is 2.92 bits per heavy atom. The van der Waals surface area contributed by atoms with Gasteiger partial charge in [-0.1, -0.05) is 58.4 Å². The minimum Gasteiger partial charge on any atom is -0.357 e. The second kappa shape index (κ2) is 9.27. The average Bonchev–Trinajstić information content (AvgIpc) is 3.01. The van der Waals surface area contributed by atoms with Gasteiger partial charge >= 0.3 is 0 Å². The van der Waals surface area contributed by atoms with Crippen LogP contribution in [0.1, 0.15) is 18.5 Å². The third kappa shape index (κ3) is 5.66. The number of thioether (sulfide) groups is 1. The molecule has 128 valence electrons. The maximum atomic E-state index is 12.1. The van der Waals surface area contributed by atoms with Gasteiger partial charge in [-0.05, 0) is 24.6 Å². The first-order chi connectivity index (χ1) is 11.5. The number of nitrogens with zero attached hydrogens (tertiary/aromatic N) is 2. The summed E-state index contributed by atoms with van der Waals surface area (Å²) in [6.45, 7) is 6.14. The largest absolute Gasteiger partial charge is 0.357 e. The molecule has 0 spiro atoms. The lowest BCUT2D eigenvalue weighted by Crippen LogP contribution is -2.28. The van der Waals surface area contributed by atoms with Gasteiger partial charge < -0.3 is 10.6 Å². The molecule has 0 unspecified atom stereocenters. The number of hydrogen-bond acceptors (Lipinski definition) is 6. The number of nitrogens with one attached hydrogen (secondary N) is 2. The Bertz CT molecular complexity index is 723. The molecule has 0 aliphatic heterocycles. The summed E-state index contributed by atoms with van der Waals surface area (Å²) in [6.07, 6.45) is 1.74. The summed E-state index contributed by atoms with van der Waals surface area (Å²) < 4.78 is 0.735. The number of carbonyl (C=O) groups excluding carboxylic acids is 1. The van der Waals surface area contributed by atoms with E-state index in [1.54, 1.807) is 18.2 Å². The summed E-state index contributed by atoms with van der Waals surface area (Å²) in [5.74, 6) is 0.177. The van der Waals surface area contributed by atoms with Crippen LogP contribution in [0, 0.1) is 0 Å². The molecule has 5 nitrogen and oxygen atoms in total. The highest BCUT2D eigenvalue weighted by atomic mass is 35.5. The van der Waals surface area contributed by atoms with Crippen molar-refractivity contribution in [3.63, 3.8) is 0 Å². The van der Waals surface area contributed by atoms with Crippen LogP contribution < -0.4 is 10.6 Å². The molecule has 1 aromatic carbocycles. The molecule has 2 N–H and O–H groups in total. The van der Waals surface area contributed by atoms with Gasteiger partial charge in [-0.2, -0.15) is 0 Å². The normalized spacial score (nSPS) is 11.8. The monoisotopic (exact) mass is 402 g/mol. The van der Waals surface area contributed by atoms with Crippen molar-refractivity contribution < 1.29 is 4.79 Å². The van der Waals surface area contributed by atoms with E-state index in [9.17, 15) is 4.79 Å². The molecule has 2 aromatic rings. The second-order valence-electron chi connectivity index (χ2n) is 4.79. The van der Waals surface area contributed by atoms with E-state index >= 15 is 0 Å². The van der Waals surface area contributed by atoms with Gasteiger partial charge in [-0.3, -0.25) is 4.79 Å². The lowest BCUT2D eigenvalue weighted by molar-refractivity contribution is -0.119. The van der Waals surface area contributed by atoms with E-state index in [1.165, 1.54) is 23.1 Å². The molecule has 0 aliphatic rings. The van der Waals surface area contributed by atoms with Crippen molar-refractivity contribution in [2.75, 3.05) is 17.6 Å². The Balaban J connectivity index is 1.83. The Morgan fingerprint density at radius 1 is 1.42 bits per heavy atom. The van der Waals surface area contributed by atoms with Crippen LogP contribution in [0.3, 0.4) is 0 Å². The van der Waals surface area contributed by atoms with Gasteiger partial charge in [0.15, 0.2) is 4.34 Å². The molecule has 2 rings (SSSR count). The predicted octanol–water partition coefficient (Wildman–Crippen LogP) is 4.41. The zero-order chi connectivity index (χ0) is 17.5. The number of benzene rings is 1. The van der Waals surface area contributed by atoms with Crippen LogP contribution >= 0.6 is 46.3 Å². The Hall–Kier alpha value is -1.28. The summed E-state index contributed by atoms with van der Waals surface area (Å²) >= 11 is 14.6. The maximum absolute atomic E-state index is 12.1. The van der Waals surface area contributed by atoms with Crippen LogP contribution in [0.15, 0.2) is 35.2 Å². The zero-order valence-electron chi connectivity index (χ0n) is 12.9. The second-order valence-corrected chi connectivity index (χ2v) is 7.81. The van der Waals surface area contributed by atoms with E-state index in [2.05, 4.69) is 27.4 Å². The standard InChI is InChI=1S/C15H16Cl2N4OS2/c1-3-6-18-14-20-21-15(24-14)23-8-13(22)19-9(2)10-4-5-11(16)12(17)7-10/h3-5,7,9H,1,6,8H2,2H3,(H,18,20)(H,19,22)/t9-/m1/s1. The first-order valence-corrected chi connectivity index (χ1v) is 9.60. The van der Waals surface area contributed by atoms with Crippen LogP contribution in [0.4, 0.5) is 5.13 Å². The number of aromatic nitrogens is 2. The fourth-order valence-electron chi connectivity index (χ4n) is 1.77. The van der Waals surface area contributed by atoms with Gasteiger partial charge in [0.05, 0.1) is 21.8 Å². The molecule has 9 heteroatoms. The minimum atomic E-state index is -0.160. The number of halogens is 2. The number of anilines is 1. The van der Waals surface area contributed by atoms with Crippen molar-refractivity contribution in [3.8, 4) is 0 Å². The van der Waals surface area contributed by atoms with Gasteiger partial charge in [-0.25, -0.2) is 0 Å². The number of rotatable bonds is 8. The van der Waals surface area contributed by atoms with Crippen LogP contribution in [0.2, 0.25) is 10.0 Å². The molecule has 0 saturated heterocycles. The van der Waals surface area contributed by atoms with E-state index in [0.29, 0.717) is 21.7 Å². The summed E-state index contributed by atoms with van der Waals surface area (Å²) in [5.41, 5.74) is 0.898. The van der Waals surface area contributed by atoms with Gasteiger partial charge in [0.2, 0.25) is 11.0 Å². The lowest BCUT2D eigenvalue weighted by Gasteiger charge is -2.14. The van der Waals surface area contributed by atoms with Gasteiger partial charge in [0.25, 0.3) is 0 Å². The smallest absolute Gasteiger partial charge is 0.230 e. The van der Waals surface area contributed by atoms with Crippen molar-refractivity contribution in [2.24, 2.45) is 0 Å². The molecule has 0 bridgehead atoms. The Kier molecular flexibility index (Phi) is 7.36. The first-order valence-electron chi connectivity index (χ1n) is 7.05. The van der Waals surface area contributed by atoms with E-state index in [-0.39, 0.29) is 17.7 Å². The molecule has 0 radical (unpaired) electrons. The predicted molar refractivity (Wildman–Crippen MR) is 102 cm³/mol. The molecule has 0 saturated carbocycles. The average molecular weight is 403 g/mol. The summed E-state index contributed by atoms with van der Waals surface area (Å²) in [7, 11) is 0. The summed E-state index contributed by atoms with van der Waals surface area (Å²) in [5, 5.41) is 15.7. The van der Waals surface area contributed by atoms with Crippen molar-refractivity contribution >= 4 is 57.3 Å². The third-order valence-electron chi connectivity index (χ3n) is 2.95. The molecule has 24 heavy (non-hydrogen) atoms. The number of hydrogen-bond donors (Lipinski definition) is 2. The maximum Gasteiger partial charge on any atom is 0.230 e. The van der Waals surface area contributed by atoms with E-state index in [1.807, 2.05) is 13.0 Å². The highest BCUT2D eigenvalue weighted by molar-refractivity contribution is 8.01. The fourth-order valence-corrected chi connectivity index (χ4v) is 3.65. The Morgan fingerprint density at radius 2 is 2.21 bits per heavy atom. The van der Waals surface area contributed by atoms with Gasteiger partial charge in [0, 0.05) is 6.54 Å². The van der Waals surface area contributed by atoms with E-state index < -0.39 is 0 Å². The molecule has 0 aliphatic carbocycles. The van der Waals surface area contributed by atoms with Crippen molar-refractivity contribution in [1.29, 1.82) is 0 Å². The van der Waals surface area contributed by atoms with E-state index in [4.69, 9.17) is 23.2 Å². The van der Waals surface area contributed by atoms with Crippen molar-refractivity contribution in [3.05, 3.63) is 46.5 Å². The molecule has 1 aromatic heterocycles. The van der Waals surface area contributed by atoms with Gasteiger partial charge in [0.1, 0.15) is 0 Å². The molecular formula is C15H16Cl2N4OS2. The molecule has 0 fully saturated rings. The third-order valence-corrected chi connectivity index (χ3v) is 5.71. The molecule has 1 amide bonds. The quantitative estimate of drug-likeness (QED) is 0.505. The molecule has 1 heterocycles. The summed E-state index contributed by atoms with van der Waals surface area (Å²) in [4.78, 5) is 12.1. The molecular weight excluding hydrogens is 387 g/mol. The van der Waals surface area contributed by atoms with Crippen LogP contribution in [0.25, 0.3) is 0 Å². The summed E-state index contributed by atoms with van der Waals surface area (Å²) in [6, 6.07) is 5.15. The topological polar surface area (TPSA) is 66.9 Å². The first kappa shape index (κ1) is 19.1. The lowest BCUT2D eigenvalue weighted by atomic mass is 10.1. The fraction of sp³-hybridized carbons (Fsp3) is 0.267. The zero-order valence-corrected chi connectivity index (χ0v) is 16.0. The number of carbonyl (C=O) groups is 1. The highest BCUT2D eigenvalue weighted by Crippen LogP contribution is 2.27. The van der Waals surface area contributed by atoms with Crippen LogP contribution in [-0.4, -0.2) is 28.4 Å². The highest BCUT2D eigenvalue weighted by Gasteiger charge is 2.13. The molecule has 1 atom stereocenters. The van der Waals surface area contributed by atoms with Gasteiger partial charge in [-0.15, -0.1) is 16.8 Å². The number of amides is 1. The van der Waals surface area contributed by atoms with Crippen LogP contribution in [-0.2, 0) is 4.79 Å². The SMILES string of the molecule is C=CCNc1nnc(SCC(=O)N[C@H](C)c2ccc(Cl)c(Cl)c2)s1. The van der Waals surface area contributed by atoms with E-state index in [0.717, 1.165) is 9.90 Å². The van der Waals surface area contributed by atoms with Crippen LogP contribution in [0.5, 0.6) is 0 Å². The minimum absolute atomic E-state index is 0.0885. The van der Waals surface area contributed by atoms with Crippen molar-refractivity contribution in [1.82, 2.24) is 15.5 Å².